The molecule has 0 spiro atoms. The van der Waals surface area contributed by atoms with Gasteiger partial charge in [-0.1, -0.05) is 0 Å². The lowest BCUT2D eigenvalue weighted by Crippen LogP contribution is -2.22. The first-order chi connectivity index (χ1) is 10.1. The van der Waals surface area contributed by atoms with Gasteiger partial charge in [-0.05, 0) is 37.3 Å². The SMILES string of the molecule is CCNC(=O)c1ccc(NCc2cc(C(=O)O)cs2)cc1. The Balaban J connectivity index is 1.94. The summed E-state index contributed by atoms with van der Waals surface area (Å²) in [6.45, 7) is 3.03. The normalized spacial score (nSPS) is 10.1. The molecule has 2 rings (SSSR count). The van der Waals surface area contributed by atoms with Crippen LogP contribution in [0.3, 0.4) is 0 Å². The number of anilines is 1. The first kappa shape index (κ1) is 15.1. The summed E-state index contributed by atoms with van der Waals surface area (Å²) in [6.07, 6.45) is 0. The van der Waals surface area contributed by atoms with Crippen molar-refractivity contribution >= 4 is 28.9 Å². The van der Waals surface area contributed by atoms with Gasteiger partial charge in [-0.3, -0.25) is 4.79 Å². The summed E-state index contributed by atoms with van der Waals surface area (Å²) in [5.41, 5.74) is 1.81. The van der Waals surface area contributed by atoms with Gasteiger partial charge in [0.25, 0.3) is 5.91 Å². The van der Waals surface area contributed by atoms with Crippen LogP contribution in [0.15, 0.2) is 35.7 Å². The van der Waals surface area contributed by atoms with Crippen molar-refractivity contribution in [1.29, 1.82) is 0 Å². The van der Waals surface area contributed by atoms with Crippen molar-refractivity contribution in [1.82, 2.24) is 5.32 Å². The quantitative estimate of drug-likeness (QED) is 0.767. The summed E-state index contributed by atoms with van der Waals surface area (Å²) in [7, 11) is 0. The molecule has 2 aromatic rings. The number of carboxylic acids is 1. The Morgan fingerprint density at radius 2 is 1.90 bits per heavy atom. The van der Waals surface area contributed by atoms with Gasteiger partial charge in [-0.15, -0.1) is 11.3 Å². The van der Waals surface area contributed by atoms with Gasteiger partial charge in [0.15, 0.2) is 0 Å². The average Bonchev–Trinajstić information content (AvgIpc) is 2.95. The topological polar surface area (TPSA) is 78.4 Å². The average molecular weight is 304 g/mol. The van der Waals surface area contributed by atoms with E-state index in [1.54, 1.807) is 23.6 Å². The summed E-state index contributed by atoms with van der Waals surface area (Å²) in [4.78, 5) is 23.4. The molecular weight excluding hydrogens is 288 g/mol. The number of amides is 1. The second-order valence-corrected chi connectivity index (χ2v) is 5.39. The van der Waals surface area contributed by atoms with Gasteiger partial charge >= 0.3 is 5.97 Å². The number of nitrogens with one attached hydrogen (secondary N) is 2. The van der Waals surface area contributed by atoms with Crippen LogP contribution in [0.25, 0.3) is 0 Å². The van der Waals surface area contributed by atoms with Crippen LogP contribution in [-0.2, 0) is 6.54 Å². The highest BCUT2D eigenvalue weighted by Crippen LogP contribution is 2.17. The molecule has 3 N–H and O–H groups in total. The highest BCUT2D eigenvalue weighted by Gasteiger charge is 2.07. The first-order valence-electron chi connectivity index (χ1n) is 6.53. The van der Waals surface area contributed by atoms with Gasteiger partial charge < -0.3 is 15.7 Å². The van der Waals surface area contributed by atoms with E-state index in [1.165, 1.54) is 11.3 Å². The molecule has 110 valence electrons. The van der Waals surface area contributed by atoms with E-state index in [2.05, 4.69) is 10.6 Å². The highest BCUT2D eigenvalue weighted by atomic mass is 32.1. The van der Waals surface area contributed by atoms with Crippen LogP contribution in [0, 0.1) is 0 Å². The van der Waals surface area contributed by atoms with Crippen LogP contribution >= 0.6 is 11.3 Å². The summed E-state index contributed by atoms with van der Waals surface area (Å²) in [5.74, 6) is -1.00. The molecular formula is C15H16N2O3S. The lowest BCUT2D eigenvalue weighted by atomic mass is 10.2. The zero-order chi connectivity index (χ0) is 15.2. The van der Waals surface area contributed by atoms with E-state index in [9.17, 15) is 9.59 Å². The number of hydrogen-bond acceptors (Lipinski definition) is 4. The number of carboxylic acid groups (broad SMARTS) is 1. The minimum Gasteiger partial charge on any atom is -0.478 e. The predicted octanol–water partition coefficient (Wildman–Crippen LogP) is 2.81. The molecule has 0 aliphatic rings. The maximum atomic E-state index is 11.6. The lowest BCUT2D eigenvalue weighted by Gasteiger charge is -2.06. The summed E-state index contributed by atoms with van der Waals surface area (Å²) in [6, 6.07) is 8.82. The zero-order valence-electron chi connectivity index (χ0n) is 11.6. The molecule has 0 atom stereocenters. The standard InChI is InChI=1S/C15H16N2O3S/c1-2-16-14(18)10-3-5-12(6-4-10)17-8-13-7-11(9-21-13)15(19)20/h3-7,9,17H,2,8H2,1H3,(H,16,18)(H,19,20). The predicted molar refractivity (Wildman–Crippen MR) is 83.1 cm³/mol. The number of rotatable bonds is 6. The van der Waals surface area contributed by atoms with E-state index in [0.717, 1.165) is 10.6 Å². The van der Waals surface area contributed by atoms with Crippen LogP contribution in [0.2, 0.25) is 0 Å². The minimum atomic E-state index is -0.913. The molecule has 0 unspecified atom stereocenters. The first-order valence-corrected chi connectivity index (χ1v) is 7.41. The number of aromatic carboxylic acids is 1. The summed E-state index contributed by atoms with van der Waals surface area (Å²) >= 11 is 1.40. The van der Waals surface area contributed by atoms with E-state index in [1.807, 2.05) is 19.1 Å². The molecule has 5 nitrogen and oxygen atoms in total. The third kappa shape index (κ3) is 4.06. The molecule has 0 fully saturated rings. The number of carbonyl (C=O) groups excluding carboxylic acids is 1. The number of hydrogen-bond donors (Lipinski definition) is 3. The van der Waals surface area contributed by atoms with Crippen molar-refractivity contribution in [2.24, 2.45) is 0 Å². The Morgan fingerprint density at radius 1 is 1.19 bits per heavy atom. The third-order valence-electron chi connectivity index (χ3n) is 2.85. The third-order valence-corrected chi connectivity index (χ3v) is 3.79. The summed E-state index contributed by atoms with van der Waals surface area (Å²) < 4.78 is 0. The molecule has 6 heteroatoms. The van der Waals surface area contributed by atoms with E-state index in [4.69, 9.17) is 5.11 Å². The van der Waals surface area contributed by atoms with Gasteiger partial charge in [0.05, 0.1) is 5.56 Å². The highest BCUT2D eigenvalue weighted by molar-refractivity contribution is 7.10. The van der Waals surface area contributed by atoms with Crippen LogP contribution in [0.5, 0.6) is 0 Å². The maximum absolute atomic E-state index is 11.6. The molecule has 0 aliphatic carbocycles. The van der Waals surface area contributed by atoms with E-state index >= 15 is 0 Å². The van der Waals surface area contributed by atoms with Crippen molar-refractivity contribution in [3.63, 3.8) is 0 Å². The van der Waals surface area contributed by atoms with Crippen molar-refractivity contribution in [2.75, 3.05) is 11.9 Å². The molecule has 0 bridgehead atoms. The van der Waals surface area contributed by atoms with Crippen LogP contribution < -0.4 is 10.6 Å². The zero-order valence-corrected chi connectivity index (χ0v) is 12.4. The fraction of sp³-hybridized carbons (Fsp3) is 0.200. The molecule has 21 heavy (non-hydrogen) atoms. The van der Waals surface area contributed by atoms with E-state index in [0.29, 0.717) is 24.2 Å². The fourth-order valence-electron chi connectivity index (χ4n) is 1.78. The molecule has 1 amide bonds. The van der Waals surface area contributed by atoms with Crippen molar-refractivity contribution in [3.05, 3.63) is 51.7 Å². The molecule has 1 aromatic heterocycles. The maximum Gasteiger partial charge on any atom is 0.336 e. The molecule has 0 saturated carbocycles. The van der Waals surface area contributed by atoms with E-state index in [-0.39, 0.29) is 5.91 Å². The molecule has 0 aliphatic heterocycles. The summed E-state index contributed by atoms with van der Waals surface area (Å²) in [5, 5.41) is 16.4. The minimum absolute atomic E-state index is 0.0894. The van der Waals surface area contributed by atoms with Crippen LogP contribution in [0.4, 0.5) is 5.69 Å². The molecule has 0 saturated heterocycles. The smallest absolute Gasteiger partial charge is 0.336 e. The van der Waals surface area contributed by atoms with Gasteiger partial charge in [0, 0.05) is 34.6 Å². The van der Waals surface area contributed by atoms with Gasteiger partial charge in [0.2, 0.25) is 0 Å². The Labute approximate surface area is 126 Å². The van der Waals surface area contributed by atoms with Crippen molar-refractivity contribution in [3.8, 4) is 0 Å². The van der Waals surface area contributed by atoms with Crippen LogP contribution in [0.1, 0.15) is 32.5 Å². The largest absolute Gasteiger partial charge is 0.478 e. The van der Waals surface area contributed by atoms with Crippen LogP contribution in [-0.4, -0.2) is 23.5 Å². The second kappa shape index (κ2) is 6.90. The number of benzene rings is 1. The molecule has 1 aromatic carbocycles. The second-order valence-electron chi connectivity index (χ2n) is 4.40. The Morgan fingerprint density at radius 3 is 2.48 bits per heavy atom. The Hall–Kier alpha value is -2.34. The van der Waals surface area contributed by atoms with Crippen molar-refractivity contribution in [2.45, 2.75) is 13.5 Å². The monoisotopic (exact) mass is 304 g/mol. The fourth-order valence-corrected chi connectivity index (χ4v) is 2.57. The Kier molecular flexibility index (Phi) is 4.94. The lowest BCUT2D eigenvalue weighted by molar-refractivity contribution is 0.0697. The van der Waals surface area contributed by atoms with Gasteiger partial charge in [-0.25, -0.2) is 4.79 Å². The number of thiophene rings is 1. The van der Waals surface area contributed by atoms with Crippen molar-refractivity contribution < 1.29 is 14.7 Å². The molecule has 0 radical (unpaired) electrons. The van der Waals surface area contributed by atoms with Gasteiger partial charge in [-0.2, -0.15) is 0 Å². The Bertz CT molecular complexity index is 635. The number of carbonyl (C=O) groups is 2. The van der Waals surface area contributed by atoms with Gasteiger partial charge in [0.1, 0.15) is 0 Å². The van der Waals surface area contributed by atoms with E-state index < -0.39 is 5.97 Å². The molecule has 1 heterocycles.